The van der Waals surface area contributed by atoms with Gasteiger partial charge in [-0.2, -0.15) is 0 Å². The van der Waals surface area contributed by atoms with Gasteiger partial charge in [0, 0.05) is 6.42 Å². The lowest BCUT2D eigenvalue weighted by atomic mass is 9.98. The summed E-state index contributed by atoms with van der Waals surface area (Å²) in [5.41, 5.74) is -0.444. The molecule has 0 amide bonds. The molecule has 28 heavy (non-hydrogen) atoms. The Labute approximate surface area is 162 Å². The number of aromatic amines is 1. The zero-order valence-electron chi connectivity index (χ0n) is 16.2. The Morgan fingerprint density at radius 3 is 2.71 bits per heavy atom. The van der Waals surface area contributed by atoms with Crippen molar-refractivity contribution in [3.63, 3.8) is 0 Å². The summed E-state index contributed by atoms with van der Waals surface area (Å²) in [6.45, 7) is 5.57. The van der Waals surface area contributed by atoms with Crippen molar-refractivity contribution in [1.82, 2.24) is 9.55 Å². The number of hydrogen-bond donors (Lipinski definition) is 3. The van der Waals surface area contributed by atoms with Crippen LogP contribution >= 0.6 is 0 Å². The summed E-state index contributed by atoms with van der Waals surface area (Å²) >= 11 is 0. The van der Waals surface area contributed by atoms with E-state index in [0.717, 1.165) is 11.1 Å². The van der Waals surface area contributed by atoms with Gasteiger partial charge in [0.1, 0.15) is 18.4 Å². The van der Waals surface area contributed by atoms with E-state index in [1.807, 2.05) is 24.3 Å². The highest BCUT2D eigenvalue weighted by atomic mass is 16.6. The van der Waals surface area contributed by atoms with Crippen LogP contribution in [0.1, 0.15) is 44.2 Å². The molecule has 1 fully saturated rings. The first-order valence-electron chi connectivity index (χ1n) is 9.29. The number of nitrogens with zero attached hydrogens (tertiary/aromatic N) is 1. The maximum absolute atomic E-state index is 12.3. The van der Waals surface area contributed by atoms with Gasteiger partial charge < -0.3 is 19.7 Å². The Morgan fingerprint density at radius 2 is 2.07 bits per heavy atom. The fourth-order valence-electron chi connectivity index (χ4n) is 3.58. The molecule has 0 bridgehead atoms. The Hall–Kier alpha value is -2.42. The zero-order chi connectivity index (χ0) is 20.5. The number of rotatable bonds is 6. The van der Waals surface area contributed by atoms with E-state index in [9.17, 15) is 19.8 Å². The van der Waals surface area contributed by atoms with E-state index in [1.54, 1.807) is 6.92 Å². The van der Waals surface area contributed by atoms with E-state index in [0.29, 0.717) is 5.92 Å². The van der Waals surface area contributed by atoms with Crippen LogP contribution in [0.15, 0.2) is 40.1 Å². The van der Waals surface area contributed by atoms with Gasteiger partial charge in [0.05, 0.1) is 18.9 Å². The topological polar surface area (TPSA) is 114 Å². The van der Waals surface area contributed by atoms with Crippen LogP contribution in [0.5, 0.6) is 5.75 Å². The van der Waals surface area contributed by atoms with Crippen molar-refractivity contribution in [2.75, 3.05) is 6.61 Å². The largest absolute Gasteiger partial charge is 0.482 e. The molecule has 0 radical (unpaired) electrons. The van der Waals surface area contributed by atoms with E-state index in [4.69, 9.17) is 9.47 Å². The lowest BCUT2D eigenvalue weighted by Gasteiger charge is -2.26. The number of H-pyrrole nitrogens is 1. The standard InChI is InChI=1S/C20H26N2O6/c1-12(2)14-7-5-4-6-13(14)11-27-16-9-22(19(26)21-18(16)25)20(3)8-15(24)17(10-23)28-20/h4-7,9,12,15,17,23-24H,8,10-11H2,1-3H3,(H,21,25,26)/t15-,17+,20+/m0/s1. The van der Waals surface area contributed by atoms with Crippen molar-refractivity contribution < 1.29 is 19.7 Å². The number of aliphatic hydroxyl groups excluding tert-OH is 2. The van der Waals surface area contributed by atoms with Gasteiger partial charge in [-0.05, 0) is 24.0 Å². The van der Waals surface area contributed by atoms with Crippen LogP contribution in [0.4, 0.5) is 0 Å². The minimum absolute atomic E-state index is 0.0232. The van der Waals surface area contributed by atoms with E-state index in [-0.39, 0.29) is 25.4 Å². The van der Waals surface area contributed by atoms with Crippen molar-refractivity contribution in [2.24, 2.45) is 0 Å². The second-order valence-electron chi connectivity index (χ2n) is 7.55. The van der Waals surface area contributed by atoms with Crippen molar-refractivity contribution in [1.29, 1.82) is 0 Å². The van der Waals surface area contributed by atoms with Gasteiger partial charge in [-0.25, -0.2) is 4.79 Å². The molecule has 3 rings (SSSR count). The summed E-state index contributed by atoms with van der Waals surface area (Å²) in [4.78, 5) is 26.8. The van der Waals surface area contributed by atoms with Crippen LogP contribution < -0.4 is 16.0 Å². The van der Waals surface area contributed by atoms with Crippen LogP contribution in [-0.2, 0) is 17.1 Å². The molecular weight excluding hydrogens is 364 g/mol. The Balaban J connectivity index is 1.89. The van der Waals surface area contributed by atoms with Crippen molar-refractivity contribution >= 4 is 0 Å². The quantitative estimate of drug-likeness (QED) is 0.680. The zero-order valence-corrected chi connectivity index (χ0v) is 16.2. The van der Waals surface area contributed by atoms with Gasteiger partial charge in [-0.1, -0.05) is 38.1 Å². The maximum Gasteiger partial charge on any atom is 0.330 e. The van der Waals surface area contributed by atoms with Gasteiger partial charge in [0.2, 0.25) is 5.75 Å². The van der Waals surface area contributed by atoms with Crippen LogP contribution in [-0.4, -0.2) is 38.6 Å². The molecule has 8 nitrogen and oxygen atoms in total. The maximum atomic E-state index is 12.3. The van der Waals surface area contributed by atoms with Crippen LogP contribution in [0.25, 0.3) is 0 Å². The first-order chi connectivity index (χ1) is 13.2. The monoisotopic (exact) mass is 390 g/mol. The predicted molar refractivity (Wildman–Crippen MR) is 102 cm³/mol. The first-order valence-corrected chi connectivity index (χ1v) is 9.29. The van der Waals surface area contributed by atoms with Gasteiger partial charge in [0.15, 0.2) is 0 Å². The lowest BCUT2D eigenvalue weighted by molar-refractivity contribution is -0.108. The SMILES string of the molecule is CC(C)c1ccccc1COc1cn([C@@]2(C)C[C@H](O)[C@@H](CO)O2)c(=O)[nH]c1=O. The third-order valence-electron chi connectivity index (χ3n) is 5.08. The molecule has 0 unspecified atom stereocenters. The molecule has 152 valence electrons. The van der Waals surface area contributed by atoms with Gasteiger partial charge in [-0.15, -0.1) is 0 Å². The summed E-state index contributed by atoms with van der Waals surface area (Å²) in [7, 11) is 0. The summed E-state index contributed by atoms with van der Waals surface area (Å²) in [6, 6.07) is 7.80. The first kappa shape index (κ1) is 20.3. The average Bonchev–Trinajstić information content (AvgIpc) is 2.95. The molecule has 8 heteroatoms. The third kappa shape index (κ3) is 3.89. The Kier molecular flexibility index (Phi) is 5.74. The minimum atomic E-state index is -1.21. The number of hydrogen-bond acceptors (Lipinski definition) is 6. The molecule has 0 spiro atoms. The third-order valence-corrected chi connectivity index (χ3v) is 5.08. The Bertz CT molecular complexity index is 950. The van der Waals surface area contributed by atoms with Crippen molar-refractivity contribution in [2.45, 2.75) is 57.6 Å². The smallest absolute Gasteiger partial charge is 0.330 e. The molecule has 1 aliphatic rings. The van der Waals surface area contributed by atoms with Crippen LogP contribution in [0.3, 0.4) is 0 Å². The highest BCUT2D eigenvalue weighted by Crippen LogP contribution is 2.34. The van der Waals surface area contributed by atoms with Crippen LogP contribution in [0, 0.1) is 0 Å². The van der Waals surface area contributed by atoms with E-state index in [1.165, 1.54) is 10.8 Å². The average molecular weight is 390 g/mol. The molecule has 1 aromatic heterocycles. The molecule has 3 atom stereocenters. The summed E-state index contributed by atoms with van der Waals surface area (Å²) in [6.07, 6.45) is -0.326. The van der Waals surface area contributed by atoms with E-state index in [2.05, 4.69) is 18.8 Å². The lowest BCUT2D eigenvalue weighted by Crippen LogP contribution is -2.42. The molecule has 2 heterocycles. The number of aliphatic hydroxyl groups is 2. The molecule has 0 saturated carbocycles. The summed E-state index contributed by atoms with van der Waals surface area (Å²) in [5.74, 6) is 0.277. The fraction of sp³-hybridized carbons (Fsp3) is 0.500. The Morgan fingerprint density at radius 1 is 1.36 bits per heavy atom. The molecule has 2 aromatic rings. The fourth-order valence-corrected chi connectivity index (χ4v) is 3.58. The van der Waals surface area contributed by atoms with Gasteiger partial charge in [0.25, 0.3) is 5.56 Å². The molecule has 0 aliphatic carbocycles. The predicted octanol–water partition coefficient (Wildman–Crippen LogP) is 1.05. The summed E-state index contributed by atoms with van der Waals surface area (Å²) in [5, 5.41) is 19.3. The number of nitrogens with one attached hydrogen (secondary N) is 1. The van der Waals surface area contributed by atoms with Gasteiger partial charge in [-0.3, -0.25) is 14.3 Å². The minimum Gasteiger partial charge on any atom is -0.482 e. The normalized spacial score (nSPS) is 24.6. The second-order valence-corrected chi connectivity index (χ2v) is 7.55. The highest BCUT2D eigenvalue weighted by molar-refractivity contribution is 5.29. The highest BCUT2D eigenvalue weighted by Gasteiger charge is 2.44. The van der Waals surface area contributed by atoms with Crippen molar-refractivity contribution in [3.8, 4) is 5.75 Å². The second kappa shape index (κ2) is 7.90. The number of aromatic nitrogens is 2. The van der Waals surface area contributed by atoms with Crippen molar-refractivity contribution in [3.05, 3.63) is 62.4 Å². The molecule has 1 saturated heterocycles. The number of ether oxygens (including phenoxy) is 2. The molecule has 1 aromatic carbocycles. The van der Waals surface area contributed by atoms with Crippen LogP contribution in [0.2, 0.25) is 0 Å². The van der Waals surface area contributed by atoms with Gasteiger partial charge >= 0.3 is 5.69 Å². The molecular formula is C20H26N2O6. The molecule has 3 N–H and O–H groups in total. The molecule has 1 aliphatic heterocycles. The van der Waals surface area contributed by atoms with E-state index >= 15 is 0 Å². The number of benzene rings is 1. The summed E-state index contributed by atoms with van der Waals surface area (Å²) < 4.78 is 12.6. The van der Waals surface area contributed by atoms with E-state index < -0.39 is 29.2 Å².